The van der Waals surface area contributed by atoms with Crippen molar-refractivity contribution in [2.24, 2.45) is 11.7 Å². The van der Waals surface area contributed by atoms with E-state index in [1.165, 1.54) is 0 Å². The molecule has 4 heteroatoms. The van der Waals surface area contributed by atoms with Gasteiger partial charge in [0.1, 0.15) is 0 Å². The van der Waals surface area contributed by atoms with E-state index < -0.39 is 0 Å². The normalized spacial score (nSPS) is 13.6. The Bertz CT molecular complexity index is 257. The van der Waals surface area contributed by atoms with Gasteiger partial charge in [0.2, 0.25) is 5.89 Å². The molecule has 0 aliphatic rings. The zero-order chi connectivity index (χ0) is 9.84. The maximum atomic E-state index is 5.87. The Balaban J connectivity index is 2.60. The van der Waals surface area contributed by atoms with E-state index in [1.54, 1.807) is 0 Å². The van der Waals surface area contributed by atoms with E-state index >= 15 is 0 Å². The minimum absolute atomic E-state index is 0.118. The van der Waals surface area contributed by atoms with E-state index in [4.69, 9.17) is 10.3 Å². The summed E-state index contributed by atoms with van der Waals surface area (Å²) < 4.78 is 5.03. The molecule has 0 aromatic carbocycles. The molecule has 0 saturated heterocycles. The van der Waals surface area contributed by atoms with Crippen molar-refractivity contribution in [2.45, 2.75) is 39.7 Å². The maximum Gasteiger partial charge on any atom is 0.243 e. The number of nitrogens with two attached hydrogens (primary N) is 1. The summed E-state index contributed by atoms with van der Waals surface area (Å²) in [5.41, 5.74) is 5.87. The molecule has 1 heterocycles. The number of nitrogens with zero attached hydrogens (tertiary/aromatic N) is 2. The summed E-state index contributed by atoms with van der Waals surface area (Å²) in [6.07, 6.45) is 1.67. The van der Waals surface area contributed by atoms with Crippen molar-refractivity contribution in [3.63, 3.8) is 0 Å². The van der Waals surface area contributed by atoms with Gasteiger partial charge in [-0.2, -0.15) is 4.98 Å². The summed E-state index contributed by atoms with van der Waals surface area (Å²) in [5, 5.41) is 3.80. The lowest BCUT2D eigenvalue weighted by atomic mass is 10.0. The number of aryl methyl sites for hydroxylation is 1. The summed E-state index contributed by atoms with van der Waals surface area (Å²) in [6, 6.07) is -0.118. The van der Waals surface area contributed by atoms with Crippen LogP contribution in [0.2, 0.25) is 0 Å². The molecule has 0 saturated carbocycles. The third-order valence-corrected chi connectivity index (χ3v) is 1.84. The molecule has 0 unspecified atom stereocenters. The largest absolute Gasteiger partial charge is 0.338 e. The molecule has 0 radical (unpaired) electrons. The molecule has 13 heavy (non-hydrogen) atoms. The lowest BCUT2D eigenvalue weighted by molar-refractivity contribution is 0.332. The highest BCUT2D eigenvalue weighted by atomic mass is 16.5. The Labute approximate surface area is 78.5 Å². The minimum Gasteiger partial charge on any atom is -0.338 e. The van der Waals surface area contributed by atoms with Crippen molar-refractivity contribution < 1.29 is 4.52 Å². The molecule has 0 amide bonds. The lowest BCUT2D eigenvalue weighted by Crippen LogP contribution is -2.13. The predicted octanol–water partition coefficient (Wildman–Crippen LogP) is 1.68. The van der Waals surface area contributed by atoms with Crippen LogP contribution in [0.25, 0.3) is 0 Å². The van der Waals surface area contributed by atoms with Crippen LogP contribution in [0.3, 0.4) is 0 Å². The molecule has 1 atom stereocenters. The molecule has 1 aromatic heterocycles. The highest BCUT2D eigenvalue weighted by Crippen LogP contribution is 2.16. The van der Waals surface area contributed by atoms with Crippen LogP contribution in [0.5, 0.6) is 0 Å². The van der Waals surface area contributed by atoms with Crippen molar-refractivity contribution in [3.8, 4) is 0 Å². The third-order valence-electron chi connectivity index (χ3n) is 1.84. The van der Waals surface area contributed by atoms with Gasteiger partial charge in [-0.1, -0.05) is 25.9 Å². The SMILES string of the molecule is CCc1noc([C@@H](N)CC(C)C)n1. The van der Waals surface area contributed by atoms with Crippen molar-refractivity contribution >= 4 is 0 Å². The zero-order valence-corrected chi connectivity index (χ0v) is 8.45. The van der Waals surface area contributed by atoms with Crippen LogP contribution in [0.1, 0.15) is 44.9 Å². The van der Waals surface area contributed by atoms with E-state index in [0.717, 1.165) is 18.7 Å². The summed E-state index contributed by atoms with van der Waals surface area (Å²) in [4.78, 5) is 4.18. The van der Waals surface area contributed by atoms with Gasteiger partial charge in [0, 0.05) is 6.42 Å². The fourth-order valence-corrected chi connectivity index (χ4v) is 1.17. The zero-order valence-electron chi connectivity index (χ0n) is 8.45. The third kappa shape index (κ3) is 2.81. The minimum atomic E-state index is -0.118. The molecule has 0 bridgehead atoms. The van der Waals surface area contributed by atoms with Gasteiger partial charge >= 0.3 is 0 Å². The summed E-state index contributed by atoms with van der Waals surface area (Å²) in [6.45, 7) is 6.23. The summed E-state index contributed by atoms with van der Waals surface area (Å²) in [5.74, 6) is 1.84. The van der Waals surface area contributed by atoms with Crippen LogP contribution in [0.4, 0.5) is 0 Å². The molecule has 2 N–H and O–H groups in total. The average molecular weight is 183 g/mol. The van der Waals surface area contributed by atoms with Gasteiger partial charge in [0.05, 0.1) is 6.04 Å². The first kappa shape index (κ1) is 10.2. The van der Waals surface area contributed by atoms with Gasteiger partial charge in [-0.15, -0.1) is 0 Å². The first-order valence-corrected chi connectivity index (χ1v) is 4.71. The van der Waals surface area contributed by atoms with Crippen LogP contribution in [-0.4, -0.2) is 10.1 Å². The molecule has 0 fully saturated rings. The smallest absolute Gasteiger partial charge is 0.243 e. The van der Waals surface area contributed by atoms with Crippen LogP contribution in [-0.2, 0) is 6.42 Å². The second-order valence-corrected chi connectivity index (χ2v) is 3.64. The topological polar surface area (TPSA) is 64.9 Å². The predicted molar refractivity (Wildman–Crippen MR) is 50.1 cm³/mol. The Morgan fingerprint density at radius 1 is 1.46 bits per heavy atom. The molecule has 4 nitrogen and oxygen atoms in total. The van der Waals surface area contributed by atoms with Gasteiger partial charge in [0.25, 0.3) is 0 Å². The summed E-state index contributed by atoms with van der Waals surface area (Å²) in [7, 11) is 0. The molecular formula is C9H17N3O. The van der Waals surface area contributed by atoms with Crippen LogP contribution in [0, 0.1) is 5.92 Å². The molecule has 0 aliphatic carbocycles. The Kier molecular flexibility index (Phi) is 3.42. The Morgan fingerprint density at radius 3 is 2.62 bits per heavy atom. The van der Waals surface area contributed by atoms with E-state index in [0.29, 0.717) is 11.8 Å². The molecule has 74 valence electrons. The highest BCUT2D eigenvalue weighted by Gasteiger charge is 2.14. The molecule has 1 rings (SSSR count). The number of hydrogen-bond donors (Lipinski definition) is 1. The van der Waals surface area contributed by atoms with E-state index in [1.807, 2.05) is 6.92 Å². The van der Waals surface area contributed by atoms with Crippen LogP contribution < -0.4 is 5.73 Å². The van der Waals surface area contributed by atoms with E-state index in [2.05, 4.69) is 24.0 Å². The van der Waals surface area contributed by atoms with Crippen LogP contribution in [0.15, 0.2) is 4.52 Å². The van der Waals surface area contributed by atoms with Crippen molar-refractivity contribution in [3.05, 3.63) is 11.7 Å². The highest BCUT2D eigenvalue weighted by molar-refractivity contribution is 4.91. The Hall–Kier alpha value is -0.900. The van der Waals surface area contributed by atoms with Crippen molar-refractivity contribution in [1.82, 2.24) is 10.1 Å². The second kappa shape index (κ2) is 4.37. The van der Waals surface area contributed by atoms with Gasteiger partial charge in [-0.3, -0.25) is 0 Å². The van der Waals surface area contributed by atoms with Gasteiger partial charge in [-0.25, -0.2) is 0 Å². The molecule has 0 spiro atoms. The van der Waals surface area contributed by atoms with E-state index in [-0.39, 0.29) is 6.04 Å². The second-order valence-electron chi connectivity index (χ2n) is 3.64. The first-order valence-electron chi connectivity index (χ1n) is 4.71. The lowest BCUT2D eigenvalue weighted by Gasteiger charge is -2.08. The average Bonchev–Trinajstić information content (AvgIpc) is 2.50. The van der Waals surface area contributed by atoms with Gasteiger partial charge in [-0.05, 0) is 12.3 Å². The molecule has 0 aliphatic heterocycles. The van der Waals surface area contributed by atoms with Crippen molar-refractivity contribution in [2.75, 3.05) is 0 Å². The van der Waals surface area contributed by atoms with Crippen LogP contribution >= 0.6 is 0 Å². The first-order chi connectivity index (χ1) is 6.13. The molecule has 1 aromatic rings. The quantitative estimate of drug-likeness (QED) is 0.771. The van der Waals surface area contributed by atoms with Gasteiger partial charge in [0.15, 0.2) is 5.82 Å². The maximum absolute atomic E-state index is 5.87. The fraction of sp³-hybridized carbons (Fsp3) is 0.778. The number of hydrogen-bond acceptors (Lipinski definition) is 4. The summed E-state index contributed by atoms with van der Waals surface area (Å²) >= 11 is 0. The monoisotopic (exact) mass is 183 g/mol. The van der Waals surface area contributed by atoms with Gasteiger partial charge < -0.3 is 10.3 Å². The standard InChI is InChI=1S/C9H17N3O/c1-4-8-11-9(13-12-8)7(10)5-6(2)3/h6-7H,4-5,10H2,1-3H3/t7-/m0/s1. The fourth-order valence-electron chi connectivity index (χ4n) is 1.17. The van der Waals surface area contributed by atoms with Crippen molar-refractivity contribution in [1.29, 1.82) is 0 Å². The number of rotatable bonds is 4. The number of aromatic nitrogens is 2. The molecular weight excluding hydrogens is 166 g/mol. The van der Waals surface area contributed by atoms with E-state index in [9.17, 15) is 0 Å². The Morgan fingerprint density at radius 2 is 2.15 bits per heavy atom.